The van der Waals surface area contributed by atoms with Gasteiger partial charge in [0.2, 0.25) is 0 Å². The lowest BCUT2D eigenvalue weighted by atomic mass is 10.1. The van der Waals surface area contributed by atoms with Crippen LogP contribution in [0.3, 0.4) is 0 Å². The molecule has 1 saturated carbocycles. The van der Waals surface area contributed by atoms with Gasteiger partial charge in [0.25, 0.3) is 0 Å². The molecule has 0 aliphatic heterocycles. The SMILES string of the molecule is CCCc1nc(-c2ccc(Cl)cc2F)c(N)n1C1CC1. The largest absolute Gasteiger partial charge is 0.383 e. The van der Waals surface area contributed by atoms with E-state index in [-0.39, 0.29) is 5.82 Å². The number of nitrogens with two attached hydrogens (primary N) is 1. The van der Waals surface area contributed by atoms with Crippen LogP contribution in [0.5, 0.6) is 0 Å². The normalized spacial score (nSPS) is 14.8. The monoisotopic (exact) mass is 293 g/mol. The molecule has 0 atom stereocenters. The first-order valence-electron chi connectivity index (χ1n) is 6.93. The van der Waals surface area contributed by atoms with Gasteiger partial charge in [-0.2, -0.15) is 0 Å². The van der Waals surface area contributed by atoms with Gasteiger partial charge in [-0.1, -0.05) is 18.5 Å². The highest BCUT2D eigenvalue weighted by Crippen LogP contribution is 2.41. The number of rotatable bonds is 4. The molecule has 106 valence electrons. The lowest BCUT2D eigenvalue weighted by Crippen LogP contribution is -2.05. The summed E-state index contributed by atoms with van der Waals surface area (Å²) < 4.78 is 16.1. The molecule has 2 N–H and O–H groups in total. The Bertz CT molecular complexity index is 647. The molecule has 0 bridgehead atoms. The van der Waals surface area contributed by atoms with Gasteiger partial charge in [-0.05, 0) is 37.5 Å². The Morgan fingerprint density at radius 1 is 1.45 bits per heavy atom. The van der Waals surface area contributed by atoms with Crippen molar-refractivity contribution in [3.8, 4) is 11.3 Å². The second-order valence-electron chi connectivity index (χ2n) is 5.24. The molecule has 1 fully saturated rings. The summed E-state index contributed by atoms with van der Waals surface area (Å²) in [7, 11) is 0. The number of hydrogen-bond acceptors (Lipinski definition) is 2. The average molecular weight is 294 g/mol. The summed E-state index contributed by atoms with van der Waals surface area (Å²) in [6, 6.07) is 5.04. The van der Waals surface area contributed by atoms with Gasteiger partial charge in [0, 0.05) is 23.0 Å². The van der Waals surface area contributed by atoms with E-state index in [9.17, 15) is 4.39 Å². The summed E-state index contributed by atoms with van der Waals surface area (Å²) >= 11 is 5.79. The summed E-state index contributed by atoms with van der Waals surface area (Å²) in [5.74, 6) is 1.14. The minimum absolute atomic E-state index is 0.375. The van der Waals surface area contributed by atoms with E-state index >= 15 is 0 Å². The van der Waals surface area contributed by atoms with Crippen LogP contribution < -0.4 is 5.73 Å². The summed E-state index contributed by atoms with van der Waals surface area (Å²) in [4.78, 5) is 4.58. The van der Waals surface area contributed by atoms with Crippen molar-refractivity contribution in [1.82, 2.24) is 9.55 Å². The van der Waals surface area contributed by atoms with Crippen LogP contribution in [0.25, 0.3) is 11.3 Å². The average Bonchev–Trinajstić information content (AvgIpc) is 3.17. The van der Waals surface area contributed by atoms with Gasteiger partial charge in [0.1, 0.15) is 23.2 Å². The van der Waals surface area contributed by atoms with Crippen LogP contribution in [-0.2, 0) is 6.42 Å². The molecule has 3 nitrogen and oxygen atoms in total. The lowest BCUT2D eigenvalue weighted by Gasteiger charge is -2.07. The highest BCUT2D eigenvalue weighted by molar-refractivity contribution is 6.30. The molecule has 0 saturated heterocycles. The first-order valence-corrected chi connectivity index (χ1v) is 7.31. The quantitative estimate of drug-likeness (QED) is 0.917. The van der Waals surface area contributed by atoms with Crippen LogP contribution in [0, 0.1) is 5.82 Å². The van der Waals surface area contributed by atoms with Crippen LogP contribution >= 0.6 is 11.6 Å². The molecule has 0 spiro atoms. The van der Waals surface area contributed by atoms with Gasteiger partial charge < -0.3 is 10.3 Å². The maximum Gasteiger partial charge on any atom is 0.134 e. The van der Waals surface area contributed by atoms with Gasteiger partial charge in [-0.15, -0.1) is 0 Å². The van der Waals surface area contributed by atoms with E-state index in [0.29, 0.717) is 28.1 Å². The van der Waals surface area contributed by atoms with Crippen molar-refractivity contribution in [2.75, 3.05) is 5.73 Å². The maximum absolute atomic E-state index is 14.1. The number of nitrogen functional groups attached to an aromatic ring is 1. The topological polar surface area (TPSA) is 43.8 Å². The molecule has 20 heavy (non-hydrogen) atoms. The zero-order valence-corrected chi connectivity index (χ0v) is 12.1. The molecule has 1 aliphatic rings. The highest BCUT2D eigenvalue weighted by Gasteiger charge is 2.30. The van der Waals surface area contributed by atoms with Crippen LogP contribution in [0.15, 0.2) is 18.2 Å². The Labute approximate surface area is 122 Å². The van der Waals surface area contributed by atoms with E-state index < -0.39 is 0 Å². The Morgan fingerprint density at radius 2 is 2.20 bits per heavy atom. The van der Waals surface area contributed by atoms with Gasteiger partial charge >= 0.3 is 0 Å². The summed E-state index contributed by atoms with van der Waals surface area (Å²) in [6.45, 7) is 2.10. The first kappa shape index (κ1) is 13.4. The van der Waals surface area contributed by atoms with Gasteiger partial charge in [-0.25, -0.2) is 9.37 Å². The number of aryl methyl sites for hydroxylation is 1. The third-order valence-corrected chi connectivity index (χ3v) is 3.83. The molecule has 1 heterocycles. The minimum atomic E-state index is -0.382. The standard InChI is InChI=1S/C15H17ClFN3/c1-2-3-13-19-14(15(18)20(13)10-5-6-10)11-7-4-9(16)8-12(11)17/h4,7-8,10H,2-3,5-6,18H2,1H3. The molecule has 0 amide bonds. The fourth-order valence-corrected chi connectivity index (χ4v) is 2.67. The molecule has 0 unspecified atom stereocenters. The summed E-state index contributed by atoms with van der Waals surface area (Å²) in [5, 5.41) is 0.375. The molecule has 2 aromatic rings. The third kappa shape index (κ3) is 2.29. The number of aromatic nitrogens is 2. The van der Waals surface area contributed by atoms with Crippen molar-refractivity contribution in [1.29, 1.82) is 0 Å². The third-order valence-electron chi connectivity index (χ3n) is 3.59. The smallest absolute Gasteiger partial charge is 0.134 e. The second-order valence-corrected chi connectivity index (χ2v) is 5.67. The van der Waals surface area contributed by atoms with Crippen molar-refractivity contribution in [2.24, 2.45) is 0 Å². The van der Waals surface area contributed by atoms with Gasteiger partial charge in [-0.3, -0.25) is 0 Å². The predicted molar refractivity (Wildman–Crippen MR) is 79.3 cm³/mol. The molecule has 1 aromatic heterocycles. The number of halogens is 2. The van der Waals surface area contributed by atoms with Crippen molar-refractivity contribution in [3.05, 3.63) is 34.9 Å². The Morgan fingerprint density at radius 3 is 2.80 bits per heavy atom. The van der Waals surface area contributed by atoms with E-state index in [1.165, 1.54) is 6.07 Å². The first-order chi connectivity index (χ1) is 9.61. The maximum atomic E-state index is 14.1. The zero-order chi connectivity index (χ0) is 14.3. The van der Waals surface area contributed by atoms with Crippen LogP contribution in [0.2, 0.25) is 5.02 Å². The molecule has 5 heteroatoms. The van der Waals surface area contributed by atoms with E-state index in [0.717, 1.165) is 31.5 Å². The summed E-state index contributed by atoms with van der Waals surface area (Å²) in [5.41, 5.74) is 7.17. The van der Waals surface area contributed by atoms with Crippen molar-refractivity contribution in [3.63, 3.8) is 0 Å². The second kappa shape index (κ2) is 5.09. The van der Waals surface area contributed by atoms with Crippen molar-refractivity contribution < 1.29 is 4.39 Å². The predicted octanol–water partition coefficient (Wildman–Crippen LogP) is 4.21. The molecular weight excluding hydrogens is 277 g/mol. The van der Waals surface area contributed by atoms with Crippen LogP contribution in [0.4, 0.5) is 10.2 Å². The highest BCUT2D eigenvalue weighted by atomic mass is 35.5. The molecular formula is C15H17ClFN3. The van der Waals surface area contributed by atoms with Gasteiger partial charge in [0.15, 0.2) is 0 Å². The minimum Gasteiger partial charge on any atom is -0.383 e. The lowest BCUT2D eigenvalue weighted by molar-refractivity contribution is 0.631. The molecule has 3 rings (SSSR count). The molecule has 1 aliphatic carbocycles. The van der Waals surface area contributed by atoms with Crippen LogP contribution in [0.1, 0.15) is 38.1 Å². The van der Waals surface area contributed by atoms with Crippen molar-refractivity contribution in [2.45, 2.75) is 38.6 Å². The van der Waals surface area contributed by atoms with Gasteiger partial charge in [0.05, 0.1) is 0 Å². The number of hydrogen-bond donors (Lipinski definition) is 1. The number of imidazole rings is 1. The van der Waals surface area contributed by atoms with E-state index in [1.807, 2.05) is 0 Å². The number of benzene rings is 1. The molecule has 0 radical (unpaired) electrons. The van der Waals surface area contributed by atoms with E-state index in [2.05, 4.69) is 16.5 Å². The Hall–Kier alpha value is -1.55. The zero-order valence-electron chi connectivity index (χ0n) is 11.4. The Kier molecular flexibility index (Phi) is 3.42. The van der Waals surface area contributed by atoms with Crippen molar-refractivity contribution >= 4 is 17.4 Å². The van der Waals surface area contributed by atoms with E-state index in [1.54, 1.807) is 12.1 Å². The van der Waals surface area contributed by atoms with E-state index in [4.69, 9.17) is 17.3 Å². The number of anilines is 1. The fraction of sp³-hybridized carbons (Fsp3) is 0.400. The van der Waals surface area contributed by atoms with Crippen LogP contribution in [-0.4, -0.2) is 9.55 Å². The Balaban J connectivity index is 2.11. The summed E-state index contributed by atoms with van der Waals surface area (Å²) in [6.07, 6.45) is 4.10. The number of nitrogens with zero attached hydrogens (tertiary/aromatic N) is 2. The molecule has 1 aromatic carbocycles. The fourth-order valence-electron chi connectivity index (χ4n) is 2.51.